The molecule has 1 atom stereocenters. The van der Waals surface area contributed by atoms with Gasteiger partial charge in [0.1, 0.15) is 11.8 Å². The molecular formula is C15H19NO4S2. The second-order valence-corrected chi connectivity index (χ2v) is 8.54. The summed E-state index contributed by atoms with van der Waals surface area (Å²) in [5.41, 5.74) is 0.635. The molecule has 0 spiro atoms. The average Bonchev–Trinajstić information content (AvgIpc) is 2.69. The normalized spacial score (nSPS) is 21.0. The van der Waals surface area contributed by atoms with Crippen LogP contribution in [0.1, 0.15) is 26.3 Å². The Hall–Kier alpha value is -1.18. The number of rotatable bonds is 4. The van der Waals surface area contributed by atoms with E-state index in [9.17, 15) is 19.8 Å². The van der Waals surface area contributed by atoms with Gasteiger partial charge in [0.25, 0.3) is 0 Å². The first-order chi connectivity index (χ1) is 10.2. The Bertz CT molecular complexity index is 603. The van der Waals surface area contributed by atoms with Crippen LogP contribution in [0.5, 0.6) is 5.75 Å². The molecule has 2 N–H and O–H groups in total. The minimum atomic E-state index is -0.858. The number of phenols is 1. The highest BCUT2D eigenvalue weighted by Crippen LogP contribution is 2.41. The van der Waals surface area contributed by atoms with E-state index in [1.165, 1.54) is 6.92 Å². The molecule has 2 rings (SSSR count). The second-order valence-electron chi connectivity index (χ2n) is 5.72. The molecule has 1 saturated heterocycles. The van der Waals surface area contributed by atoms with Gasteiger partial charge in [-0.3, -0.25) is 14.5 Å². The predicted molar refractivity (Wildman–Crippen MR) is 88.1 cm³/mol. The SMILES string of the molecule is CC(=O)Sc1cccc(CN2CSC(C)(C)[C@@H]2C(=O)O)c1O. The van der Waals surface area contributed by atoms with E-state index in [4.69, 9.17) is 0 Å². The first kappa shape index (κ1) is 17.2. The third-order valence-corrected chi connectivity index (χ3v) is 5.83. The third-order valence-electron chi connectivity index (χ3n) is 3.57. The zero-order chi connectivity index (χ0) is 16.5. The summed E-state index contributed by atoms with van der Waals surface area (Å²) in [6.45, 7) is 5.61. The fourth-order valence-electron chi connectivity index (χ4n) is 2.58. The lowest BCUT2D eigenvalue weighted by atomic mass is 10.0. The first-order valence-electron chi connectivity index (χ1n) is 6.82. The van der Waals surface area contributed by atoms with Crippen LogP contribution in [0.2, 0.25) is 0 Å². The van der Waals surface area contributed by atoms with Crippen molar-refractivity contribution in [1.82, 2.24) is 4.90 Å². The third kappa shape index (κ3) is 3.59. The Morgan fingerprint density at radius 1 is 1.45 bits per heavy atom. The number of nitrogens with zero attached hydrogens (tertiary/aromatic N) is 1. The Kier molecular flexibility index (Phi) is 5.09. The Labute approximate surface area is 138 Å². The number of carbonyl (C=O) groups is 2. The van der Waals surface area contributed by atoms with Gasteiger partial charge in [0.05, 0.1) is 4.90 Å². The Balaban J connectivity index is 2.24. The number of hydrogen-bond acceptors (Lipinski definition) is 6. The minimum absolute atomic E-state index is 0.0570. The van der Waals surface area contributed by atoms with E-state index in [2.05, 4.69) is 0 Å². The summed E-state index contributed by atoms with van der Waals surface area (Å²) in [5, 5.41) is 19.7. The fourth-order valence-corrected chi connectivity index (χ4v) is 4.42. The Morgan fingerprint density at radius 3 is 2.73 bits per heavy atom. The summed E-state index contributed by atoms with van der Waals surface area (Å²) < 4.78 is -0.382. The van der Waals surface area contributed by atoms with Gasteiger partial charge in [-0.2, -0.15) is 0 Å². The molecule has 1 fully saturated rings. The van der Waals surface area contributed by atoms with Crippen LogP contribution >= 0.6 is 23.5 Å². The maximum absolute atomic E-state index is 11.5. The Morgan fingerprint density at radius 2 is 2.14 bits per heavy atom. The molecule has 5 nitrogen and oxygen atoms in total. The fraction of sp³-hybridized carbons (Fsp3) is 0.467. The largest absolute Gasteiger partial charge is 0.506 e. The number of carboxylic acids is 1. The highest BCUT2D eigenvalue weighted by atomic mass is 32.2. The van der Waals surface area contributed by atoms with Gasteiger partial charge in [-0.1, -0.05) is 12.1 Å². The molecule has 1 aliphatic heterocycles. The van der Waals surface area contributed by atoms with Crippen LogP contribution in [0.4, 0.5) is 0 Å². The van der Waals surface area contributed by atoms with Crippen molar-refractivity contribution in [3.05, 3.63) is 23.8 Å². The summed E-state index contributed by atoms with van der Waals surface area (Å²) in [4.78, 5) is 25.1. The molecule has 0 radical (unpaired) electrons. The van der Waals surface area contributed by atoms with Crippen molar-refractivity contribution >= 4 is 34.6 Å². The molecule has 0 unspecified atom stereocenters. The lowest BCUT2D eigenvalue weighted by molar-refractivity contribution is -0.143. The number of para-hydroxylation sites is 1. The van der Waals surface area contributed by atoms with Gasteiger partial charge >= 0.3 is 5.97 Å². The topological polar surface area (TPSA) is 77.8 Å². The predicted octanol–water partition coefficient (Wildman–Crippen LogP) is 2.77. The van der Waals surface area contributed by atoms with Crippen molar-refractivity contribution in [1.29, 1.82) is 0 Å². The molecule has 22 heavy (non-hydrogen) atoms. The van der Waals surface area contributed by atoms with E-state index in [0.717, 1.165) is 11.8 Å². The van der Waals surface area contributed by atoms with Crippen molar-refractivity contribution in [3.63, 3.8) is 0 Å². The van der Waals surface area contributed by atoms with E-state index in [1.807, 2.05) is 18.7 Å². The number of carbonyl (C=O) groups excluding carboxylic acids is 1. The van der Waals surface area contributed by atoms with Crippen molar-refractivity contribution in [3.8, 4) is 5.75 Å². The number of thioether (sulfide) groups is 2. The molecule has 0 aliphatic carbocycles. The second kappa shape index (κ2) is 6.52. The number of aliphatic carboxylic acids is 1. The van der Waals surface area contributed by atoms with Gasteiger partial charge in [-0.15, -0.1) is 11.8 Å². The maximum Gasteiger partial charge on any atom is 0.322 e. The molecule has 120 valence electrons. The van der Waals surface area contributed by atoms with E-state index >= 15 is 0 Å². The van der Waals surface area contributed by atoms with Crippen LogP contribution in [0.3, 0.4) is 0 Å². The van der Waals surface area contributed by atoms with Gasteiger partial charge in [-0.25, -0.2) is 0 Å². The summed E-state index contributed by atoms with van der Waals surface area (Å²) in [7, 11) is 0. The zero-order valence-corrected chi connectivity index (χ0v) is 14.3. The molecule has 1 aliphatic rings. The smallest absolute Gasteiger partial charge is 0.322 e. The number of phenolic OH excluding ortho intramolecular Hbond substituents is 1. The van der Waals surface area contributed by atoms with E-state index in [0.29, 0.717) is 22.9 Å². The van der Waals surface area contributed by atoms with E-state index in [-0.39, 0.29) is 15.6 Å². The number of benzene rings is 1. The highest BCUT2D eigenvalue weighted by Gasteiger charge is 2.46. The van der Waals surface area contributed by atoms with Crippen LogP contribution in [-0.2, 0) is 16.1 Å². The summed E-state index contributed by atoms with van der Waals surface area (Å²) >= 11 is 2.56. The maximum atomic E-state index is 11.5. The quantitative estimate of drug-likeness (QED) is 0.815. The van der Waals surface area contributed by atoms with Crippen molar-refractivity contribution in [2.45, 2.75) is 43.0 Å². The van der Waals surface area contributed by atoms with Crippen LogP contribution in [-0.4, -0.2) is 42.9 Å². The summed E-state index contributed by atoms with van der Waals surface area (Å²) in [6.07, 6.45) is 0. The van der Waals surface area contributed by atoms with Gasteiger partial charge in [-0.05, 0) is 31.7 Å². The van der Waals surface area contributed by atoms with Gasteiger partial charge in [0.15, 0.2) is 5.12 Å². The number of hydrogen-bond donors (Lipinski definition) is 2. The van der Waals surface area contributed by atoms with Crippen molar-refractivity contribution < 1.29 is 19.8 Å². The van der Waals surface area contributed by atoms with Crippen molar-refractivity contribution in [2.24, 2.45) is 0 Å². The first-order valence-corrected chi connectivity index (χ1v) is 8.62. The van der Waals surface area contributed by atoms with Crippen LogP contribution in [0, 0.1) is 0 Å². The van der Waals surface area contributed by atoms with Gasteiger partial charge in [0, 0.05) is 29.7 Å². The lowest BCUT2D eigenvalue weighted by Gasteiger charge is -2.28. The van der Waals surface area contributed by atoms with Crippen LogP contribution in [0.15, 0.2) is 23.1 Å². The molecule has 7 heteroatoms. The molecule has 1 aromatic rings. The molecule has 1 heterocycles. The molecule has 1 aromatic carbocycles. The highest BCUT2D eigenvalue weighted by molar-refractivity contribution is 8.13. The van der Waals surface area contributed by atoms with Gasteiger partial charge in [0.2, 0.25) is 0 Å². The number of carboxylic acid groups (broad SMARTS) is 1. The summed E-state index contributed by atoms with van der Waals surface area (Å²) in [6, 6.07) is 4.60. The average molecular weight is 341 g/mol. The monoisotopic (exact) mass is 341 g/mol. The molecular weight excluding hydrogens is 322 g/mol. The summed E-state index contributed by atoms with van der Waals surface area (Å²) in [5.74, 6) is -0.210. The van der Waals surface area contributed by atoms with Crippen LogP contribution in [0.25, 0.3) is 0 Å². The minimum Gasteiger partial charge on any atom is -0.506 e. The van der Waals surface area contributed by atoms with Crippen molar-refractivity contribution in [2.75, 3.05) is 5.88 Å². The standard InChI is InChI=1S/C15H19NO4S2/c1-9(17)22-11-6-4-5-10(12(11)18)7-16-8-21-15(2,3)13(16)14(19)20/h4-6,13,18H,7-8H2,1-3H3,(H,19,20)/t13-/m0/s1. The zero-order valence-electron chi connectivity index (χ0n) is 12.7. The molecule has 0 aromatic heterocycles. The van der Waals surface area contributed by atoms with E-state index < -0.39 is 12.0 Å². The van der Waals surface area contributed by atoms with E-state index in [1.54, 1.807) is 30.0 Å². The van der Waals surface area contributed by atoms with Gasteiger partial charge < -0.3 is 10.2 Å². The van der Waals surface area contributed by atoms with Crippen LogP contribution < -0.4 is 0 Å². The lowest BCUT2D eigenvalue weighted by Crippen LogP contribution is -2.45. The molecule has 0 bridgehead atoms. The number of aromatic hydroxyl groups is 1. The molecule has 0 saturated carbocycles. The molecule has 0 amide bonds.